The van der Waals surface area contributed by atoms with Gasteiger partial charge in [0.1, 0.15) is 0 Å². The maximum atomic E-state index is 12.8. The number of thioether (sulfide) groups is 1. The molecule has 3 heterocycles. The van der Waals surface area contributed by atoms with Crippen LogP contribution < -0.4 is 0 Å². The SMILES string of the molecule is CCOC(=O)c1c(CSc2nnc(-c3ccncc3)n2CCOC)nc2ccccc2c1C. The molecule has 3 aromatic heterocycles. The first-order chi connectivity index (χ1) is 16.1. The number of rotatable bonds is 9. The second-order valence-corrected chi connectivity index (χ2v) is 8.21. The Kier molecular flexibility index (Phi) is 7.31. The van der Waals surface area contributed by atoms with E-state index in [-0.39, 0.29) is 5.97 Å². The number of esters is 1. The summed E-state index contributed by atoms with van der Waals surface area (Å²) in [5, 5.41) is 10.5. The Bertz CT molecular complexity index is 1260. The molecule has 0 fully saturated rings. The average molecular weight is 464 g/mol. The van der Waals surface area contributed by atoms with E-state index in [1.807, 2.05) is 47.9 Å². The Labute approximate surface area is 196 Å². The number of nitrogens with zero attached hydrogens (tertiary/aromatic N) is 5. The molecule has 0 saturated carbocycles. The number of ether oxygens (including phenoxy) is 2. The smallest absolute Gasteiger partial charge is 0.340 e. The van der Waals surface area contributed by atoms with Crippen molar-refractivity contribution >= 4 is 28.6 Å². The predicted octanol–water partition coefficient (Wildman–Crippen LogP) is 4.31. The number of fused-ring (bicyclic) bond motifs is 1. The van der Waals surface area contributed by atoms with Crippen molar-refractivity contribution in [1.29, 1.82) is 0 Å². The molecular weight excluding hydrogens is 438 g/mol. The van der Waals surface area contributed by atoms with Gasteiger partial charge in [-0.1, -0.05) is 30.0 Å². The van der Waals surface area contributed by atoms with E-state index in [1.54, 1.807) is 26.4 Å². The van der Waals surface area contributed by atoms with Crippen molar-refractivity contribution in [3.8, 4) is 11.4 Å². The van der Waals surface area contributed by atoms with Crippen LogP contribution in [0.2, 0.25) is 0 Å². The van der Waals surface area contributed by atoms with Crippen LogP contribution in [0.25, 0.3) is 22.3 Å². The highest BCUT2D eigenvalue weighted by atomic mass is 32.2. The van der Waals surface area contributed by atoms with Crippen LogP contribution in [0.1, 0.15) is 28.5 Å². The molecule has 0 radical (unpaired) electrons. The summed E-state index contributed by atoms with van der Waals surface area (Å²) in [7, 11) is 1.66. The fourth-order valence-corrected chi connectivity index (χ4v) is 4.55. The molecule has 4 aromatic rings. The molecule has 0 aliphatic rings. The van der Waals surface area contributed by atoms with E-state index in [1.165, 1.54) is 11.8 Å². The number of hydrogen-bond donors (Lipinski definition) is 0. The lowest BCUT2D eigenvalue weighted by molar-refractivity contribution is 0.0524. The Hall–Kier alpha value is -3.30. The van der Waals surface area contributed by atoms with E-state index in [0.717, 1.165) is 33.0 Å². The molecule has 9 heteroatoms. The van der Waals surface area contributed by atoms with Crippen molar-refractivity contribution < 1.29 is 14.3 Å². The third-order valence-corrected chi connectivity index (χ3v) is 6.20. The van der Waals surface area contributed by atoms with Gasteiger partial charge in [-0.25, -0.2) is 4.79 Å². The number of methoxy groups -OCH3 is 1. The van der Waals surface area contributed by atoms with E-state index >= 15 is 0 Å². The van der Waals surface area contributed by atoms with Crippen molar-refractivity contribution in [2.24, 2.45) is 0 Å². The topological polar surface area (TPSA) is 92.0 Å². The molecule has 0 bridgehead atoms. The number of hydrogen-bond acceptors (Lipinski definition) is 8. The lowest BCUT2D eigenvalue weighted by Crippen LogP contribution is -2.12. The lowest BCUT2D eigenvalue weighted by Gasteiger charge is -2.14. The van der Waals surface area contributed by atoms with Crippen LogP contribution in [0.15, 0.2) is 53.9 Å². The first kappa shape index (κ1) is 22.9. The second-order valence-electron chi connectivity index (χ2n) is 7.27. The van der Waals surface area contributed by atoms with Crippen LogP contribution in [0.5, 0.6) is 0 Å². The summed E-state index contributed by atoms with van der Waals surface area (Å²) in [5.41, 5.74) is 3.82. The number of aryl methyl sites for hydroxylation is 1. The largest absolute Gasteiger partial charge is 0.462 e. The van der Waals surface area contributed by atoms with Gasteiger partial charge in [-0.05, 0) is 37.6 Å². The number of carbonyl (C=O) groups is 1. The van der Waals surface area contributed by atoms with Crippen LogP contribution in [0.4, 0.5) is 0 Å². The molecule has 0 N–H and O–H groups in total. The van der Waals surface area contributed by atoms with E-state index in [9.17, 15) is 4.79 Å². The summed E-state index contributed by atoms with van der Waals surface area (Å²) in [4.78, 5) is 21.7. The standard InChI is InChI=1S/C24H25N5O3S/c1-4-32-23(30)21-16(2)18-7-5-6-8-19(18)26-20(21)15-33-24-28-27-22(29(24)13-14-31-3)17-9-11-25-12-10-17/h5-12H,4,13-15H2,1-3H3. The number of carbonyl (C=O) groups excluding carboxylic acids is 1. The Morgan fingerprint density at radius 1 is 1.12 bits per heavy atom. The number of benzene rings is 1. The van der Waals surface area contributed by atoms with Crippen molar-refractivity contribution in [2.75, 3.05) is 20.3 Å². The van der Waals surface area contributed by atoms with Crippen molar-refractivity contribution in [3.05, 3.63) is 65.6 Å². The van der Waals surface area contributed by atoms with Crippen molar-refractivity contribution in [3.63, 3.8) is 0 Å². The molecule has 0 aliphatic carbocycles. The van der Waals surface area contributed by atoms with Crippen LogP contribution in [-0.4, -0.2) is 51.0 Å². The normalized spacial score (nSPS) is 11.1. The van der Waals surface area contributed by atoms with Crippen molar-refractivity contribution in [2.45, 2.75) is 31.3 Å². The minimum atomic E-state index is -0.359. The summed E-state index contributed by atoms with van der Waals surface area (Å²) >= 11 is 1.48. The molecule has 33 heavy (non-hydrogen) atoms. The molecule has 1 aromatic carbocycles. The highest BCUT2D eigenvalue weighted by Crippen LogP contribution is 2.30. The summed E-state index contributed by atoms with van der Waals surface area (Å²) in [5.74, 6) is 0.828. The highest BCUT2D eigenvalue weighted by Gasteiger charge is 2.21. The molecular formula is C24H25N5O3S. The number of pyridine rings is 2. The number of aromatic nitrogens is 5. The second kappa shape index (κ2) is 10.5. The molecule has 0 aliphatic heterocycles. The van der Waals surface area contributed by atoms with Gasteiger partial charge < -0.3 is 9.47 Å². The maximum absolute atomic E-state index is 12.8. The predicted molar refractivity (Wildman–Crippen MR) is 127 cm³/mol. The minimum Gasteiger partial charge on any atom is -0.462 e. The molecule has 170 valence electrons. The van der Waals surface area contributed by atoms with Crippen LogP contribution in [0.3, 0.4) is 0 Å². The van der Waals surface area contributed by atoms with Gasteiger partial charge >= 0.3 is 5.97 Å². The molecule has 0 saturated heterocycles. The zero-order valence-corrected chi connectivity index (χ0v) is 19.6. The van der Waals surface area contributed by atoms with Gasteiger partial charge in [0.15, 0.2) is 11.0 Å². The van der Waals surface area contributed by atoms with Gasteiger partial charge in [-0.3, -0.25) is 14.5 Å². The molecule has 0 atom stereocenters. The Morgan fingerprint density at radius 3 is 2.67 bits per heavy atom. The first-order valence-corrected chi connectivity index (χ1v) is 11.6. The summed E-state index contributed by atoms with van der Waals surface area (Å²) in [6.07, 6.45) is 3.45. The fraction of sp³-hybridized carbons (Fsp3) is 0.292. The molecule has 0 spiro atoms. The first-order valence-electron chi connectivity index (χ1n) is 10.6. The Morgan fingerprint density at radius 2 is 1.91 bits per heavy atom. The molecule has 8 nitrogen and oxygen atoms in total. The van der Waals surface area contributed by atoms with E-state index in [4.69, 9.17) is 14.5 Å². The van der Waals surface area contributed by atoms with Gasteiger partial charge in [-0.15, -0.1) is 10.2 Å². The summed E-state index contributed by atoms with van der Waals surface area (Å²) in [6.45, 7) is 5.16. The third-order valence-electron chi connectivity index (χ3n) is 5.22. The van der Waals surface area contributed by atoms with Crippen LogP contribution >= 0.6 is 11.8 Å². The number of para-hydroxylation sites is 1. The van der Waals surface area contributed by atoms with E-state index < -0.39 is 0 Å². The molecule has 0 unspecified atom stereocenters. The average Bonchev–Trinajstić information content (AvgIpc) is 3.24. The fourth-order valence-electron chi connectivity index (χ4n) is 3.65. The zero-order chi connectivity index (χ0) is 23.2. The van der Waals surface area contributed by atoms with E-state index in [2.05, 4.69) is 15.2 Å². The third kappa shape index (κ3) is 4.89. The summed E-state index contributed by atoms with van der Waals surface area (Å²) in [6, 6.07) is 11.6. The Balaban J connectivity index is 1.70. The van der Waals surface area contributed by atoms with Gasteiger partial charge in [0, 0.05) is 36.2 Å². The molecule has 0 amide bonds. The van der Waals surface area contributed by atoms with E-state index in [0.29, 0.717) is 36.8 Å². The maximum Gasteiger partial charge on any atom is 0.340 e. The quantitative estimate of drug-likeness (QED) is 0.268. The van der Waals surface area contributed by atoms with Gasteiger partial charge in [-0.2, -0.15) is 0 Å². The van der Waals surface area contributed by atoms with Crippen molar-refractivity contribution in [1.82, 2.24) is 24.7 Å². The van der Waals surface area contributed by atoms with Gasteiger partial charge in [0.05, 0.1) is 36.5 Å². The van der Waals surface area contributed by atoms with Crippen LogP contribution in [-0.2, 0) is 21.8 Å². The molecule has 4 rings (SSSR count). The minimum absolute atomic E-state index is 0.304. The van der Waals surface area contributed by atoms with Gasteiger partial charge in [0.2, 0.25) is 0 Å². The van der Waals surface area contributed by atoms with Gasteiger partial charge in [0.25, 0.3) is 0 Å². The highest BCUT2D eigenvalue weighted by molar-refractivity contribution is 7.98. The zero-order valence-electron chi connectivity index (χ0n) is 18.8. The lowest BCUT2D eigenvalue weighted by atomic mass is 10.0. The monoisotopic (exact) mass is 463 g/mol. The summed E-state index contributed by atoms with van der Waals surface area (Å²) < 4.78 is 12.7. The van der Waals surface area contributed by atoms with Crippen LogP contribution in [0, 0.1) is 6.92 Å².